The van der Waals surface area contributed by atoms with E-state index in [4.69, 9.17) is 11.6 Å². The maximum absolute atomic E-state index is 12.5. The smallest absolute Gasteiger partial charge is 0.241 e. The van der Waals surface area contributed by atoms with Gasteiger partial charge < -0.3 is 10.2 Å². The zero-order valence-electron chi connectivity index (χ0n) is 14.7. The molecule has 25 heavy (non-hydrogen) atoms. The van der Waals surface area contributed by atoms with E-state index in [1.165, 1.54) is 5.56 Å². The van der Waals surface area contributed by atoms with Crippen LogP contribution in [0.5, 0.6) is 0 Å². The number of benzene rings is 2. The molecule has 0 spiro atoms. The second kappa shape index (κ2) is 7.89. The van der Waals surface area contributed by atoms with Crippen molar-refractivity contribution in [2.45, 2.75) is 19.9 Å². The number of rotatable bonds is 4. The summed E-state index contributed by atoms with van der Waals surface area (Å²) in [5.74, 6) is 0.0417. The summed E-state index contributed by atoms with van der Waals surface area (Å²) in [5, 5.41) is 3.76. The second-order valence-electron chi connectivity index (χ2n) is 6.53. The number of aryl methyl sites for hydroxylation is 1. The lowest BCUT2D eigenvalue weighted by Gasteiger charge is -2.38. The van der Waals surface area contributed by atoms with Gasteiger partial charge in [0, 0.05) is 42.6 Å². The molecule has 0 saturated carbocycles. The number of carbonyl (C=O) groups excluding carboxylic acids is 1. The van der Waals surface area contributed by atoms with Crippen molar-refractivity contribution in [3.05, 3.63) is 59.1 Å². The maximum Gasteiger partial charge on any atom is 0.241 e. The Morgan fingerprint density at radius 3 is 2.40 bits per heavy atom. The maximum atomic E-state index is 12.5. The molecule has 0 aliphatic carbocycles. The summed E-state index contributed by atoms with van der Waals surface area (Å²) in [4.78, 5) is 17.0. The van der Waals surface area contributed by atoms with Gasteiger partial charge in [-0.2, -0.15) is 0 Å². The number of carbonyl (C=O) groups is 1. The third-order valence-corrected chi connectivity index (χ3v) is 4.97. The van der Waals surface area contributed by atoms with Crippen LogP contribution in [0.1, 0.15) is 12.5 Å². The quantitative estimate of drug-likeness (QED) is 0.904. The predicted octanol–water partition coefficient (Wildman–Crippen LogP) is 3.80. The predicted molar refractivity (Wildman–Crippen MR) is 105 cm³/mol. The first kappa shape index (κ1) is 17.8. The molecule has 0 radical (unpaired) electrons. The molecule has 1 saturated heterocycles. The van der Waals surface area contributed by atoms with Crippen molar-refractivity contribution in [1.82, 2.24) is 4.90 Å². The van der Waals surface area contributed by atoms with Crippen LogP contribution in [0, 0.1) is 6.92 Å². The van der Waals surface area contributed by atoms with E-state index in [0.29, 0.717) is 0 Å². The van der Waals surface area contributed by atoms with E-state index in [1.807, 2.05) is 56.3 Å². The number of hydrogen-bond donors (Lipinski definition) is 1. The van der Waals surface area contributed by atoms with Crippen LogP contribution >= 0.6 is 11.6 Å². The van der Waals surface area contributed by atoms with Crippen LogP contribution in [0.15, 0.2) is 48.5 Å². The van der Waals surface area contributed by atoms with Crippen LogP contribution in [0.3, 0.4) is 0 Å². The number of piperazine rings is 1. The number of anilines is 2. The Morgan fingerprint density at radius 1 is 1.08 bits per heavy atom. The fourth-order valence-corrected chi connectivity index (χ4v) is 3.27. The highest BCUT2D eigenvalue weighted by molar-refractivity contribution is 6.30. The molecule has 2 aromatic carbocycles. The van der Waals surface area contributed by atoms with Gasteiger partial charge in [0.1, 0.15) is 0 Å². The number of nitrogens with zero attached hydrogens (tertiary/aromatic N) is 2. The lowest BCUT2D eigenvalue weighted by Crippen LogP contribution is -2.52. The number of amides is 1. The first-order valence-electron chi connectivity index (χ1n) is 8.65. The van der Waals surface area contributed by atoms with Crippen molar-refractivity contribution in [2.24, 2.45) is 0 Å². The second-order valence-corrected chi connectivity index (χ2v) is 6.97. The van der Waals surface area contributed by atoms with E-state index in [1.54, 1.807) is 0 Å². The summed E-state index contributed by atoms with van der Waals surface area (Å²) in [6, 6.07) is 15.7. The molecule has 1 aliphatic rings. The van der Waals surface area contributed by atoms with Gasteiger partial charge in [0.25, 0.3) is 0 Å². The summed E-state index contributed by atoms with van der Waals surface area (Å²) in [6.07, 6.45) is 0. The molecule has 1 atom stereocenters. The van der Waals surface area contributed by atoms with Crippen molar-refractivity contribution in [1.29, 1.82) is 0 Å². The van der Waals surface area contributed by atoms with Gasteiger partial charge in [-0.3, -0.25) is 9.69 Å². The topological polar surface area (TPSA) is 35.6 Å². The van der Waals surface area contributed by atoms with Crippen LogP contribution < -0.4 is 10.2 Å². The number of nitrogens with one attached hydrogen (secondary N) is 1. The van der Waals surface area contributed by atoms with Crippen LogP contribution in [0.4, 0.5) is 11.4 Å². The minimum atomic E-state index is -0.150. The molecule has 1 aliphatic heterocycles. The monoisotopic (exact) mass is 357 g/mol. The summed E-state index contributed by atoms with van der Waals surface area (Å²) in [7, 11) is 0. The van der Waals surface area contributed by atoms with Gasteiger partial charge in [-0.05, 0) is 44.2 Å². The Bertz CT molecular complexity index is 724. The zero-order valence-corrected chi connectivity index (χ0v) is 15.5. The normalized spacial score (nSPS) is 16.5. The Kier molecular flexibility index (Phi) is 5.61. The lowest BCUT2D eigenvalue weighted by molar-refractivity contribution is -0.120. The molecular formula is C20H24ClN3O. The summed E-state index contributed by atoms with van der Waals surface area (Å²) in [6.45, 7) is 7.50. The molecule has 0 bridgehead atoms. The Morgan fingerprint density at radius 2 is 1.76 bits per heavy atom. The molecule has 4 nitrogen and oxygen atoms in total. The highest BCUT2D eigenvalue weighted by Gasteiger charge is 2.25. The van der Waals surface area contributed by atoms with Crippen LogP contribution in [0.2, 0.25) is 5.02 Å². The van der Waals surface area contributed by atoms with E-state index in [-0.39, 0.29) is 11.9 Å². The van der Waals surface area contributed by atoms with Gasteiger partial charge in [0.05, 0.1) is 6.04 Å². The third kappa shape index (κ3) is 4.53. The fourth-order valence-electron chi connectivity index (χ4n) is 3.09. The Balaban J connectivity index is 1.54. The molecule has 3 rings (SSSR count). The van der Waals surface area contributed by atoms with Gasteiger partial charge in [-0.25, -0.2) is 0 Å². The highest BCUT2D eigenvalue weighted by atomic mass is 35.5. The SMILES string of the molecule is Cc1ccc(NC(=O)[C@H](C)N2CCN(c3cccc(Cl)c3)CC2)cc1. The molecule has 1 heterocycles. The standard InChI is InChI=1S/C20H24ClN3O/c1-15-6-8-18(9-7-15)22-20(25)16(2)23-10-12-24(13-11-23)19-5-3-4-17(21)14-19/h3-9,14,16H,10-13H2,1-2H3,(H,22,25)/t16-/m0/s1. The van der Waals surface area contributed by atoms with E-state index in [0.717, 1.165) is 42.6 Å². The molecule has 0 aromatic heterocycles. The van der Waals surface area contributed by atoms with Gasteiger partial charge in [-0.1, -0.05) is 35.4 Å². The van der Waals surface area contributed by atoms with Crippen molar-refractivity contribution < 1.29 is 4.79 Å². The van der Waals surface area contributed by atoms with Gasteiger partial charge in [0.15, 0.2) is 0 Å². The minimum Gasteiger partial charge on any atom is -0.369 e. The Hall–Kier alpha value is -2.04. The molecule has 2 aromatic rings. The van der Waals surface area contributed by atoms with Gasteiger partial charge >= 0.3 is 0 Å². The third-order valence-electron chi connectivity index (χ3n) is 4.73. The molecule has 5 heteroatoms. The number of hydrogen-bond acceptors (Lipinski definition) is 3. The first-order valence-corrected chi connectivity index (χ1v) is 9.03. The fraction of sp³-hybridized carbons (Fsp3) is 0.350. The lowest BCUT2D eigenvalue weighted by atomic mass is 10.2. The molecule has 1 fully saturated rings. The number of halogens is 1. The first-order chi connectivity index (χ1) is 12.0. The summed E-state index contributed by atoms with van der Waals surface area (Å²) in [5.41, 5.74) is 3.17. The van der Waals surface area contributed by atoms with Gasteiger partial charge in [0.2, 0.25) is 5.91 Å². The summed E-state index contributed by atoms with van der Waals surface area (Å²) >= 11 is 6.08. The molecule has 1 amide bonds. The van der Waals surface area contributed by atoms with Crippen molar-refractivity contribution in [2.75, 3.05) is 36.4 Å². The zero-order chi connectivity index (χ0) is 17.8. The van der Waals surface area contributed by atoms with Crippen molar-refractivity contribution in [3.63, 3.8) is 0 Å². The van der Waals surface area contributed by atoms with Crippen LogP contribution in [-0.4, -0.2) is 43.0 Å². The summed E-state index contributed by atoms with van der Waals surface area (Å²) < 4.78 is 0. The van der Waals surface area contributed by atoms with E-state index >= 15 is 0 Å². The highest BCUT2D eigenvalue weighted by Crippen LogP contribution is 2.21. The minimum absolute atomic E-state index is 0.0417. The Labute approximate surface area is 154 Å². The van der Waals surface area contributed by atoms with Crippen molar-refractivity contribution in [3.8, 4) is 0 Å². The van der Waals surface area contributed by atoms with E-state index in [9.17, 15) is 4.79 Å². The molecular weight excluding hydrogens is 334 g/mol. The van der Waals surface area contributed by atoms with Crippen molar-refractivity contribution >= 4 is 28.9 Å². The van der Waals surface area contributed by atoms with E-state index < -0.39 is 0 Å². The van der Waals surface area contributed by atoms with Crippen LogP contribution in [0.25, 0.3) is 0 Å². The largest absolute Gasteiger partial charge is 0.369 e. The van der Waals surface area contributed by atoms with Crippen LogP contribution in [-0.2, 0) is 4.79 Å². The molecule has 132 valence electrons. The molecule has 1 N–H and O–H groups in total. The average Bonchev–Trinajstić information content (AvgIpc) is 2.63. The van der Waals surface area contributed by atoms with Gasteiger partial charge in [-0.15, -0.1) is 0 Å². The van der Waals surface area contributed by atoms with E-state index in [2.05, 4.69) is 21.2 Å². The molecule has 0 unspecified atom stereocenters. The average molecular weight is 358 g/mol.